The van der Waals surface area contributed by atoms with Crippen LogP contribution in [0.4, 0.5) is 0 Å². The van der Waals surface area contributed by atoms with E-state index in [1.54, 1.807) is 0 Å². The second kappa shape index (κ2) is 5.52. The minimum absolute atomic E-state index is 0.0278. The zero-order chi connectivity index (χ0) is 16.9. The molecule has 2 saturated heterocycles. The molecule has 3 heterocycles. The average molecular weight is 346 g/mol. The zero-order valence-electron chi connectivity index (χ0n) is 13.6. The van der Waals surface area contributed by atoms with Gasteiger partial charge < -0.3 is 14.8 Å². The van der Waals surface area contributed by atoms with Crippen molar-refractivity contribution < 1.29 is 9.59 Å². The summed E-state index contributed by atoms with van der Waals surface area (Å²) < 4.78 is 1.85. The quantitative estimate of drug-likeness (QED) is 0.863. The molecule has 1 N–H and O–H groups in total. The summed E-state index contributed by atoms with van der Waals surface area (Å²) in [6.07, 6.45) is 2.59. The number of carbonyl (C=O) groups is 2. The van der Waals surface area contributed by atoms with Gasteiger partial charge in [0.1, 0.15) is 5.69 Å². The van der Waals surface area contributed by atoms with E-state index in [0.717, 1.165) is 36.7 Å². The van der Waals surface area contributed by atoms with Crippen LogP contribution in [0, 0.1) is 5.41 Å². The number of hydrogen-bond donors (Lipinski definition) is 1. The van der Waals surface area contributed by atoms with Gasteiger partial charge in [-0.3, -0.25) is 9.59 Å². The van der Waals surface area contributed by atoms with Crippen LogP contribution in [-0.4, -0.2) is 40.9 Å². The first kappa shape index (κ1) is 15.5. The molecule has 2 amide bonds. The molecule has 6 heteroatoms. The highest BCUT2D eigenvalue weighted by molar-refractivity contribution is 6.35. The predicted molar refractivity (Wildman–Crippen MR) is 93.1 cm³/mol. The predicted octanol–water partition coefficient (Wildman–Crippen LogP) is 2.57. The Bertz CT molecular complexity index is 844. The van der Waals surface area contributed by atoms with Crippen LogP contribution in [0.2, 0.25) is 5.02 Å². The molecule has 2 fully saturated rings. The lowest BCUT2D eigenvalue weighted by Crippen LogP contribution is -2.47. The van der Waals surface area contributed by atoms with Crippen LogP contribution in [0.5, 0.6) is 0 Å². The number of halogens is 1. The second-order valence-electron chi connectivity index (χ2n) is 6.88. The third-order valence-corrected chi connectivity index (χ3v) is 5.77. The van der Waals surface area contributed by atoms with Crippen LogP contribution >= 0.6 is 11.6 Å². The molecule has 0 unspecified atom stereocenters. The van der Waals surface area contributed by atoms with Crippen molar-refractivity contribution >= 4 is 34.3 Å². The number of amides is 2. The highest BCUT2D eigenvalue weighted by atomic mass is 35.5. The molecule has 1 aromatic carbocycles. The van der Waals surface area contributed by atoms with E-state index in [9.17, 15) is 9.59 Å². The maximum Gasteiger partial charge on any atom is 0.270 e. The van der Waals surface area contributed by atoms with Crippen molar-refractivity contribution in [1.82, 2.24) is 14.8 Å². The van der Waals surface area contributed by atoms with Crippen LogP contribution in [0.1, 0.15) is 29.8 Å². The van der Waals surface area contributed by atoms with Gasteiger partial charge in [0, 0.05) is 32.1 Å². The van der Waals surface area contributed by atoms with Gasteiger partial charge in [0.2, 0.25) is 5.91 Å². The lowest BCUT2D eigenvalue weighted by Gasteiger charge is -2.32. The molecule has 2 aliphatic rings. The topological polar surface area (TPSA) is 54.3 Å². The fourth-order valence-corrected chi connectivity index (χ4v) is 4.41. The summed E-state index contributed by atoms with van der Waals surface area (Å²) in [7, 11) is 1.86. The van der Waals surface area contributed by atoms with Crippen LogP contribution in [0.15, 0.2) is 24.3 Å². The number of likely N-dealkylation sites (tertiary alicyclic amines) is 1. The molecule has 1 atom stereocenters. The maximum atomic E-state index is 13.0. The Morgan fingerprint density at radius 3 is 2.92 bits per heavy atom. The standard InChI is InChI=1S/C18H20ClN3O2/c1-21-14(10-12-4-2-5-13(19)15(12)21)16(23)22-9-7-18(11-22)6-3-8-20-17(18)24/h2,4-5,10H,3,6-9,11H2,1H3,(H,20,24)/t18-/m1/s1. The summed E-state index contributed by atoms with van der Waals surface area (Å²) >= 11 is 6.28. The fraction of sp³-hybridized carbons (Fsp3) is 0.444. The molecule has 0 aliphatic carbocycles. The van der Waals surface area contributed by atoms with Crippen LogP contribution in [0.3, 0.4) is 0 Å². The van der Waals surface area contributed by atoms with Gasteiger partial charge in [-0.25, -0.2) is 0 Å². The highest BCUT2D eigenvalue weighted by Crippen LogP contribution is 2.38. The molecule has 2 aliphatic heterocycles. The van der Waals surface area contributed by atoms with Gasteiger partial charge >= 0.3 is 0 Å². The largest absolute Gasteiger partial charge is 0.356 e. The average Bonchev–Trinajstić information content (AvgIpc) is 3.14. The summed E-state index contributed by atoms with van der Waals surface area (Å²) in [6, 6.07) is 7.55. The summed E-state index contributed by atoms with van der Waals surface area (Å²) in [5.74, 6) is 0.0733. The SMILES string of the molecule is Cn1c(C(=O)N2CC[C@]3(CCCNC3=O)C2)cc2cccc(Cl)c21. The minimum Gasteiger partial charge on any atom is -0.356 e. The Morgan fingerprint density at radius 2 is 2.17 bits per heavy atom. The van der Waals surface area contributed by atoms with Crippen molar-refractivity contribution in [1.29, 1.82) is 0 Å². The van der Waals surface area contributed by atoms with E-state index >= 15 is 0 Å². The van der Waals surface area contributed by atoms with Gasteiger partial charge in [-0.05, 0) is 31.4 Å². The number of fused-ring (bicyclic) bond motifs is 1. The third-order valence-electron chi connectivity index (χ3n) is 5.47. The van der Waals surface area contributed by atoms with Crippen LogP contribution < -0.4 is 5.32 Å². The Balaban J connectivity index is 1.64. The molecule has 1 spiro atoms. The molecule has 126 valence electrons. The molecule has 1 aromatic heterocycles. The number of para-hydroxylation sites is 1. The molecule has 0 bridgehead atoms. The van der Waals surface area contributed by atoms with Gasteiger partial charge in [0.05, 0.1) is 16.0 Å². The number of nitrogens with one attached hydrogen (secondary N) is 1. The number of benzene rings is 1. The van der Waals surface area contributed by atoms with Gasteiger partial charge in [-0.2, -0.15) is 0 Å². The summed E-state index contributed by atoms with van der Waals surface area (Å²) in [6.45, 7) is 1.88. The number of nitrogens with zero attached hydrogens (tertiary/aromatic N) is 2. The van der Waals surface area contributed by atoms with Gasteiger partial charge in [-0.1, -0.05) is 23.7 Å². The smallest absolute Gasteiger partial charge is 0.270 e. The molecule has 2 aromatic rings. The van der Waals surface area contributed by atoms with E-state index in [0.29, 0.717) is 23.8 Å². The second-order valence-corrected chi connectivity index (χ2v) is 7.29. The first-order valence-electron chi connectivity index (χ1n) is 8.33. The van der Waals surface area contributed by atoms with E-state index in [-0.39, 0.29) is 11.8 Å². The van der Waals surface area contributed by atoms with Crippen LogP contribution in [0.25, 0.3) is 10.9 Å². The van der Waals surface area contributed by atoms with E-state index < -0.39 is 5.41 Å². The maximum absolute atomic E-state index is 13.0. The lowest BCUT2D eigenvalue weighted by molar-refractivity contribution is -0.132. The van der Waals surface area contributed by atoms with Crippen molar-refractivity contribution in [2.75, 3.05) is 19.6 Å². The van der Waals surface area contributed by atoms with E-state index in [4.69, 9.17) is 11.6 Å². The molecular formula is C18H20ClN3O2. The number of aromatic nitrogens is 1. The van der Waals surface area contributed by atoms with E-state index in [1.807, 2.05) is 40.8 Å². The van der Waals surface area contributed by atoms with E-state index in [1.165, 1.54) is 0 Å². The molecule has 4 rings (SSSR count). The molecule has 5 nitrogen and oxygen atoms in total. The molecule has 24 heavy (non-hydrogen) atoms. The van der Waals surface area contributed by atoms with Crippen molar-refractivity contribution in [3.05, 3.63) is 35.0 Å². The molecular weight excluding hydrogens is 326 g/mol. The summed E-state index contributed by atoms with van der Waals surface area (Å²) in [5, 5.41) is 4.55. The van der Waals surface area contributed by atoms with Crippen LogP contribution in [-0.2, 0) is 11.8 Å². The van der Waals surface area contributed by atoms with Gasteiger partial charge in [0.15, 0.2) is 0 Å². The normalized spacial score (nSPS) is 23.9. The Labute approximate surface area is 145 Å². The lowest BCUT2D eigenvalue weighted by atomic mass is 9.79. The fourth-order valence-electron chi connectivity index (χ4n) is 4.10. The number of carbonyl (C=O) groups excluding carboxylic acids is 2. The number of piperidine rings is 1. The zero-order valence-corrected chi connectivity index (χ0v) is 14.4. The third kappa shape index (κ3) is 2.22. The summed E-state index contributed by atoms with van der Waals surface area (Å²) in [5.41, 5.74) is 1.09. The summed E-state index contributed by atoms with van der Waals surface area (Å²) in [4.78, 5) is 27.1. The Kier molecular flexibility index (Phi) is 3.57. The van der Waals surface area contributed by atoms with Gasteiger partial charge in [-0.15, -0.1) is 0 Å². The van der Waals surface area contributed by atoms with Crippen molar-refractivity contribution in [3.8, 4) is 0 Å². The first-order valence-corrected chi connectivity index (χ1v) is 8.71. The molecule has 0 radical (unpaired) electrons. The molecule has 0 saturated carbocycles. The van der Waals surface area contributed by atoms with Crippen molar-refractivity contribution in [3.63, 3.8) is 0 Å². The number of rotatable bonds is 1. The number of aryl methyl sites for hydroxylation is 1. The Morgan fingerprint density at radius 1 is 1.33 bits per heavy atom. The number of hydrogen-bond acceptors (Lipinski definition) is 2. The minimum atomic E-state index is -0.393. The highest BCUT2D eigenvalue weighted by Gasteiger charge is 2.47. The van der Waals surface area contributed by atoms with Crippen molar-refractivity contribution in [2.45, 2.75) is 19.3 Å². The monoisotopic (exact) mass is 345 g/mol. The van der Waals surface area contributed by atoms with E-state index in [2.05, 4.69) is 5.32 Å². The van der Waals surface area contributed by atoms with Gasteiger partial charge in [0.25, 0.3) is 5.91 Å². The van der Waals surface area contributed by atoms with Crippen molar-refractivity contribution in [2.24, 2.45) is 12.5 Å². The Hall–Kier alpha value is -2.01. The first-order chi connectivity index (χ1) is 11.5.